The first-order valence-electron chi connectivity index (χ1n) is 8.39. The smallest absolute Gasteiger partial charge is 0.230 e. The van der Waals surface area contributed by atoms with E-state index in [2.05, 4.69) is 20.3 Å². The summed E-state index contributed by atoms with van der Waals surface area (Å²) < 4.78 is 0. The van der Waals surface area contributed by atoms with Gasteiger partial charge in [0.25, 0.3) is 0 Å². The van der Waals surface area contributed by atoms with Crippen molar-refractivity contribution in [1.29, 1.82) is 0 Å². The molecular formula is C19H17N5O2. The van der Waals surface area contributed by atoms with Crippen LogP contribution in [-0.4, -0.2) is 38.2 Å². The fourth-order valence-electron chi connectivity index (χ4n) is 3.03. The van der Waals surface area contributed by atoms with E-state index in [4.69, 9.17) is 0 Å². The first-order chi connectivity index (χ1) is 12.7. The molecule has 3 aromatic rings. The van der Waals surface area contributed by atoms with Crippen molar-refractivity contribution >= 4 is 28.7 Å². The first kappa shape index (κ1) is 16.1. The summed E-state index contributed by atoms with van der Waals surface area (Å²) >= 11 is 0. The van der Waals surface area contributed by atoms with Crippen molar-refractivity contribution in [3.63, 3.8) is 0 Å². The molecule has 2 aromatic heterocycles. The summed E-state index contributed by atoms with van der Waals surface area (Å²) in [5, 5.41) is 2.77. The van der Waals surface area contributed by atoms with E-state index in [-0.39, 0.29) is 18.2 Å². The molecule has 1 atom stereocenters. The van der Waals surface area contributed by atoms with Crippen molar-refractivity contribution in [2.75, 3.05) is 11.9 Å². The van der Waals surface area contributed by atoms with Gasteiger partial charge in [0.15, 0.2) is 5.82 Å². The van der Waals surface area contributed by atoms with Crippen molar-refractivity contribution in [3.05, 3.63) is 60.6 Å². The minimum absolute atomic E-state index is 0.0413. The molecule has 0 radical (unpaired) electrons. The summed E-state index contributed by atoms with van der Waals surface area (Å²) in [5.74, 6) is -0.268. The van der Waals surface area contributed by atoms with Crippen LogP contribution in [0.2, 0.25) is 0 Å². The number of rotatable bonds is 4. The lowest BCUT2D eigenvalue weighted by Gasteiger charge is -2.16. The molecular weight excluding hydrogens is 330 g/mol. The summed E-state index contributed by atoms with van der Waals surface area (Å²) in [5.41, 5.74) is 2.29. The van der Waals surface area contributed by atoms with Gasteiger partial charge < -0.3 is 10.2 Å². The topological polar surface area (TPSA) is 88.1 Å². The Morgan fingerprint density at radius 1 is 1.12 bits per heavy atom. The van der Waals surface area contributed by atoms with Crippen LogP contribution in [0.5, 0.6) is 0 Å². The fourth-order valence-corrected chi connectivity index (χ4v) is 3.03. The predicted octanol–water partition coefficient (Wildman–Crippen LogP) is 2.01. The summed E-state index contributed by atoms with van der Waals surface area (Å²) in [6, 6.07) is 13.0. The highest BCUT2D eigenvalue weighted by atomic mass is 16.2. The Morgan fingerprint density at radius 3 is 2.73 bits per heavy atom. The SMILES string of the molecule is O=C(Nc1cnc2ccccc2n1)C1CC(=O)N(Cc2ccccn2)C1. The van der Waals surface area contributed by atoms with Gasteiger partial charge in [-0.05, 0) is 24.3 Å². The standard InChI is InChI=1S/C19H17N5O2/c25-18-9-13(11-24(18)12-14-5-3-4-8-20-14)19(26)23-17-10-21-15-6-1-2-7-16(15)22-17/h1-8,10,13H,9,11-12H2,(H,22,23,26). The minimum Gasteiger partial charge on any atom is -0.336 e. The van der Waals surface area contributed by atoms with E-state index >= 15 is 0 Å². The second kappa shape index (κ2) is 6.87. The van der Waals surface area contributed by atoms with Gasteiger partial charge in [0.1, 0.15) is 0 Å². The second-order valence-electron chi connectivity index (χ2n) is 6.23. The van der Waals surface area contributed by atoms with Crippen molar-refractivity contribution in [1.82, 2.24) is 19.9 Å². The molecule has 0 spiro atoms. The van der Waals surface area contributed by atoms with Crippen LogP contribution < -0.4 is 5.32 Å². The van der Waals surface area contributed by atoms with E-state index < -0.39 is 5.92 Å². The molecule has 2 amide bonds. The van der Waals surface area contributed by atoms with Crippen molar-refractivity contribution in [3.8, 4) is 0 Å². The summed E-state index contributed by atoms with van der Waals surface area (Å²) in [7, 11) is 0. The van der Waals surface area contributed by atoms with Gasteiger partial charge in [0, 0.05) is 19.2 Å². The van der Waals surface area contributed by atoms with Crippen molar-refractivity contribution in [2.45, 2.75) is 13.0 Å². The van der Waals surface area contributed by atoms with Crippen LogP contribution in [0.15, 0.2) is 54.9 Å². The molecule has 1 aromatic carbocycles. The third kappa shape index (κ3) is 3.37. The minimum atomic E-state index is -0.403. The monoisotopic (exact) mass is 347 g/mol. The molecule has 1 aliphatic heterocycles. The summed E-state index contributed by atoms with van der Waals surface area (Å²) in [4.78, 5) is 39.3. The van der Waals surface area contributed by atoms with Gasteiger partial charge in [-0.25, -0.2) is 4.98 Å². The van der Waals surface area contributed by atoms with Gasteiger partial charge in [-0.2, -0.15) is 0 Å². The number of carbonyl (C=O) groups excluding carboxylic acids is 2. The van der Waals surface area contributed by atoms with Crippen molar-refractivity contribution in [2.24, 2.45) is 5.92 Å². The van der Waals surface area contributed by atoms with Crippen molar-refractivity contribution < 1.29 is 9.59 Å². The van der Waals surface area contributed by atoms with Crippen LogP contribution in [0.25, 0.3) is 11.0 Å². The van der Waals surface area contributed by atoms with Crippen LogP contribution in [0.4, 0.5) is 5.82 Å². The molecule has 130 valence electrons. The maximum Gasteiger partial charge on any atom is 0.230 e. The van der Waals surface area contributed by atoms with Gasteiger partial charge in [-0.3, -0.25) is 19.6 Å². The Bertz CT molecular complexity index is 960. The van der Waals surface area contributed by atoms with E-state index in [0.29, 0.717) is 24.4 Å². The molecule has 1 unspecified atom stereocenters. The average molecular weight is 347 g/mol. The highest BCUT2D eigenvalue weighted by Gasteiger charge is 2.34. The maximum absolute atomic E-state index is 12.5. The zero-order valence-corrected chi connectivity index (χ0v) is 14.0. The predicted molar refractivity (Wildman–Crippen MR) is 95.9 cm³/mol. The van der Waals surface area contributed by atoms with Gasteiger partial charge >= 0.3 is 0 Å². The van der Waals surface area contributed by atoms with Gasteiger partial charge in [-0.15, -0.1) is 0 Å². The molecule has 0 saturated carbocycles. The molecule has 26 heavy (non-hydrogen) atoms. The number of fused-ring (bicyclic) bond motifs is 1. The Kier molecular flexibility index (Phi) is 4.27. The lowest BCUT2D eigenvalue weighted by molar-refractivity contribution is -0.128. The third-order valence-corrected chi connectivity index (χ3v) is 4.36. The van der Waals surface area contributed by atoms with Gasteiger partial charge in [0.05, 0.1) is 35.4 Å². The zero-order chi connectivity index (χ0) is 17.9. The number of hydrogen-bond acceptors (Lipinski definition) is 5. The number of anilines is 1. The number of amides is 2. The largest absolute Gasteiger partial charge is 0.336 e. The Labute approximate surface area is 150 Å². The number of pyridine rings is 1. The maximum atomic E-state index is 12.5. The van der Waals surface area contributed by atoms with E-state index in [1.807, 2.05) is 42.5 Å². The Hall–Kier alpha value is -3.35. The molecule has 7 heteroatoms. The number of hydrogen-bond donors (Lipinski definition) is 1. The molecule has 1 fully saturated rings. The van der Waals surface area contributed by atoms with Gasteiger partial charge in [-0.1, -0.05) is 18.2 Å². The third-order valence-electron chi connectivity index (χ3n) is 4.36. The molecule has 0 bridgehead atoms. The highest BCUT2D eigenvalue weighted by molar-refractivity contribution is 5.97. The molecule has 4 rings (SSSR count). The number of likely N-dealkylation sites (tertiary alicyclic amines) is 1. The van der Waals surface area contributed by atoms with Gasteiger partial charge in [0.2, 0.25) is 11.8 Å². The van der Waals surface area contributed by atoms with Crippen LogP contribution >= 0.6 is 0 Å². The summed E-state index contributed by atoms with van der Waals surface area (Å²) in [6.45, 7) is 0.793. The number of para-hydroxylation sites is 2. The normalized spacial score (nSPS) is 16.8. The Balaban J connectivity index is 1.42. The number of aromatic nitrogens is 3. The molecule has 1 N–H and O–H groups in total. The number of nitrogens with one attached hydrogen (secondary N) is 1. The lowest BCUT2D eigenvalue weighted by atomic mass is 10.1. The van der Waals surface area contributed by atoms with E-state index in [1.54, 1.807) is 11.1 Å². The van der Waals surface area contributed by atoms with E-state index in [1.165, 1.54) is 6.20 Å². The number of benzene rings is 1. The van der Waals surface area contributed by atoms with E-state index in [9.17, 15) is 9.59 Å². The first-order valence-corrected chi connectivity index (χ1v) is 8.39. The van der Waals surface area contributed by atoms with Crippen LogP contribution in [0.3, 0.4) is 0 Å². The average Bonchev–Trinajstić information content (AvgIpc) is 3.03. The summed E-state index contributed by atoms with van der Waals surface area (Å²) in [6.07, 6.45) is 3.42. The Morgan fingerprint density at radius 2 is 1.92 bits per heavy atom. The lowest BCUT2D eigenvalue weighted by Crippen LogP contribution is -2.28. The number of carbonyl (C=O) groups is 2. The zero-order valence-electron chi connectivity index (χ0n) is 14.0. The van der Waals surface area contributed by atoms with Crippen LogP contribution in [0.1, 0.15) is 12.1 Å². The molecule has 1 aliphatic rings. The molecule has 1 saturated heterocycles. The molecule has 7 nitrogen and oxygen atoms in total. The second-order valence-corrected chi connectivity index (χ2v) is 6.23. The number of nitrogens with zero attached hydrogens (tertiary/aromatic N) is 4. The fraction of sp³-hybridized carbons (Fsp3) is 0.211. The molecule has 3 heterocycles. The highest BCUT2D eigenvalue weighted by Crippen LogP contribution is 2.21. The van der Waals surface area contributed by atoms with E-state index in [0.717, 1.165) is 11.2 Å². The van der Waals surface area contributed by atoms with Crippen LogP contribution in [0, 0.1) is 5.92 Å². The molecule has 0 aliphatic carbocycles. The quantitative estimate of drug-likeness (QED) is 0.780. The van der Waals surface area contributed by atoms with Crippen LogP contribution in [-0.2, 0) is 16.1 Å².